The molecule has 0 radical (unpaired) electrons. The molecule has 0 spiro atoms. The lowest BCUT2D eigenvalue weighted by Crippen LogP contribution is -2.37. The van der Waals surface area contributed by atoms with Crippen LogP contribution in [0.15, 0.2) is 42.5 Å². The van der Waals surface area contributed by atoms with E-state index in [9.17, 15) is 30.8 Å². The molecule has 5 nitrogen and oxygen atoms in total. The van der Waals surface area contributed by atoms with E-state index in [-0.39, 0.29) is 11.4 Å². The highest BCUT2D eigenvalue weighted by Gasteiger charge is 2.33. The number of amides is 1. The Kier molecular flexibility index (Phi) is 6.01. The summed E-state index contributed by atoms with van der Waals surface area (Å²) in [6.07, 6.45) is -3.88. The van der Waals surface area contributed by atoms with Crippen LogP contribution >= 0.6 is 11.6 Å². The van der Waals surface area contributed by atoms with E-state index in [0.717, 1.165) is 42.7 Å². The first kappa shape index (κ1) is 21.0. The number of carbonyl (C=O) groups is 1. The summed E-state index contributed by atoms with van der Waals surface area (Å²) in [6, 6.07) is 7.11. The maximum atomic E-state index is 13.0. The minimum absolute atomic E-state index is 0.0288. The molecule has 146 valence electrons. The Morgan fingerprint density at radius 3 is 2.26 bits per heavy atom. The van der Waals surface area contributed by atoms with Crippen LogP contribution in [0.5, 0.6) is 0 Å². The number of alkyl halides is 3. The van der Waals surface area contributed by atoms with Gasteiger partial charge >= 0.3 is 6.18 Å². The van der Waals surface area contributed by atoms with Gasteiger partial charge in [-0.2, -0.15) is 13.2 Å². The van der Waals surface area contributed by atoms with Gasteiger partial charge < -0.3 is 5.32 Å². The van der Waals surface area contributed by atoms with Gasteiger partial charge in [-0.1, -0.05) is 11.6 Å². The number of benzene rings is 2. The molecule has 2 aromatic rings. The second kappa shape index (κ2) is 7.73. The predicted molar refractivity (Wildman–Crippen MR) is 93.7 cm³/mol. The number of rotatable bonds is 5. The average molecular weight is 425 g/mol. The molecule has 2 aromatic carbocycles. The Morgan fingerprint density at radius 2 is 1.74 bits per heavy atom. The van der Waals surface area contributed by atoms with E-state index in [2.05, 4.69) is 5.32 Å². The van der Waals surface area contributed by atoms with Crippen LogP contribution in [0.4, 0.5) is 28.9 Å². The summed E-state index contributed by atoms with van der Waals surface area (Å²) >= 11 is 5.50. The van der Waals surface area contributed by atoms with Crippen LogP contribution in [-0.2, 0) is 21.0 Å². The molecular formula is C16H13ClF4N2O3S. The number of hydrogen-bond donors (Lipinski definition) is 1. The zero-order valence-electron chi connectivity index (χ0n) is 13.7. The molecule has 0 heterocycles. The number of anilines is 2. The Labute approximate surface area is 157 Å². The van der Waals surface area contributed by atoms with Crippen molar-refractivity contribution >= 4 is 38.9 Å². The molecule has 1 amide bonds. The first-order chi connectivity index (χ1) is 12.4. The van der Waals surface area contributed by atoms with Crippen molar-refractivity contribution in [1.29, 1.82) is 0 Å². The summed E-state index contributed by atoms with van der Waals surface area (Å²) in [7, 11) is -3.91. The van der Waals surface area contributed by atoms with Crippen LogP contribution in [0.1, 0.15) is 5.56 Å². The molecule has 0 aliphatic heterocycles. The minimum atomic E-state index is -4.72. The van der Waals surface area contributed by atoms with Crippen molar-refractivity contribution in [3.63, 3.8) is 0 Å². The number of sulfonamides is 1. The standard InChI is InChI=1S/C16H13ClF4N2O3S/c1-27(25,26)23(12-5-2-10(18)3-6-12)9-15(24)22-11-4-7-14(17)13(8-11)16(19,20)21/h2-8H,9H2,1H3,(H,22,24). The van der Waals surface area contributed by atoms with Gasteiger partial charge in [0.05, 0.1) is 22.5 Å². The molecule has 0 bridgehead atoms. The normalized spacial score (nSPS) is 11.9. The predicted octanol–water partition coefficient (Wildman–Crippen LogP) is 3.90. The molecule has 0 saturated carbocycles. The van der Waals surface area contributed by atoms with Crippen molar-refractivity contribution in [2.24, 2.45) is 0 Å². The monoisotopic (exact) mass is 424 g/mol. The van der Waals surface area contributed by atoms with Crippen LogP contribution in [0.25, 0.3) is 0 Å². The number of nitrogens with zero attached hydrogens (tertiary/aromatic N) is 1. The van der Waals surface area contributed by atoms with Gasteiger partial charge in [0, 0.05) is 5.69 Å². The topological polar surface area (TPSA) is 66.5 Å². The lowest BCUT2D eigenvalue weighted by Gasteiger charge is -2.22. The summed E-state index contributed by atoms with van der Waals surface area (Å²) in [6.45, 7) is -0.714. The maximum absolute atomic E-state index is 13.0. The Morgan fingerprint density at radius 1 is 1.15 bits per heavy atom. The summed E-state index contributed by atoms with van der Waals surface area (Å²) in [5.74, 6) is -1.49. The van der Waals surface area contributed by atoms with Crippen molar-refractivity contribution in [3.05, 3.63) is 58.9 Å². The smallest absolute Gasteiger partial charge is 0.324 e. The van der Waals surface area contributed by atoms with Crippen LogP contribution in [0.3, 0.4) is 0 Å². The summed E-state index contributed by atoms with van der Waals surface area (Å²) in [5, 5.41) is 1.65. The van der Waals surface area contributed by atoms with Crippen molar-refractivity contribution < 1.29 is 30.8 Å². The SMILES string of the molecule is CS(=O)(=O)N(CC(=O)Nc1ccc(Cl)c(C(F)(F)F)c1)c1ccc(F)cc1. The highest BCUT2D eigenvalue weighted by Crippen LogP contribution is 2.36. The number of halogens is 5. The molecule has 2 rings (SSSR count). The Balaban J connectivity index is 2.23. The molecule has 27 heavy (non-hydrogen) atoms. The second-order valence-corrected chi connectivity index (χ2v) is 7.80. The third-order valence-electron chi connectivity index (χ3n) is 3.36. The zero-order chi connectivity index (χ0) is 20.4. The van der Waals surface area contributed by atoms with Gasteiger partial charge in [0.25, 0.3) is 0 Å². The molecule has 1 N–H and O–H groups in total. The molecule has 0 aliphatic carbocycles. The molecular weight excluding hydrogens is 412 g/mol. The van der Waals surface area contributed by atoms with Gasteiger partial charge in [0.2, 0.25) is 15.9 Å². The van der Waals surface area contributed by atoms with Crippen molar-refractivity contribution in [2.45, 2.75) is 6.18 Å². The van der Waals surface area contributed by atoms with Crippen LogP contribution in [0.2, 0.25) is 5.02 Å². The van der Waals surface area contributed by atoms with Gasteiger partial charge in [0.1, 0.15) is 12.4 Å². The fourth-order valence-corrected chi connectivity index (χ4v) is 3.24. The third kappa shape index (κ3) is 5.57. The first-order valence-corrected chi connectivity index (χ1v) is 9.50. The molecule has 0 fully saturated rings. The van der Waals surface area contributed by atoms with E-state index >= 15 is 0 Å². The van der Waals surface area contributed by atoms with E-state index in [0.29, 0.717) is 10.4 Å². The molecule has 0 aliphatic rings. The van der Waals surface area contributed by atoms with Crippen LogP contribution < -0.4 is 9.62 Å². The van der Waals surface area contributed by atoms with Crippen LogP contribution in [-0.4, -0.2) is 27.1 Å². The van der Waals surface area contributed by atoms with Gasteiger partial charge in [-0.15, -0.1) is 0 Å². The third-order valence-corrected chi connectivity index (χ3v) is 4.83. The van der Waals surface area contributed by atoms with E-state index in [1.54, 1.807) is 0 Å². The Bertz CT molecular complexity index is 947. The van der Waals surface area contributed by atoms with Gasteiger partial charge in [-0.3, -0.25) is 9.10 Å². The first-order valence-electron chi connectivity index (χ1n) is 7.28. The van der Waals surface area contributed by atoms with E-state index in [1.807, 2.05) is 0 Å². The fourth-order valence-electron chi connectivity index (χ4n) is 2.16. The molecule has 0 saturated heterocycles. The van der Waals surface area contributed by atoms with Crippen molar-refractivity contribution in [3.8, 4) is 0 Å². The van der Waals surface area contributed by atoms with E-state index < -0.39 is 45.1 Å². The second-order valence-electron chi connectivity index (χ2n) is 5.49. The van der Waals surface area contributed by atoms with Gasteiger partial charge in [-0.25, -0.2) is 12.8 Å². The average Bonchev–Trinajstić information content (AvgIpc) is 2.53. The lowest BCUT2D eigenvalue weighted by atomic mass is 10.2. The molecule has 11 heteroatoms. The highest BCUT2D eigenvalue weighted by atomic mass is 35.5. The summed E-state index contributed by atoms with van der Waals surface area (Å²) in [5.41, 5.74) is -1.31. The maximum Gasteiger partial charge on any atom is 0.417 e. The largest absolute Gasteiger partial charge is 0.417 e. The van der Waals surface area contributed by atoms with Gasteiger partial charge in [0.15, 0.2) is 0 Å². The van der Waals surface area contributed by atoms with Crippen molar-refractivity contribution in [2.75, 3.05) is 22.4 Å². The summed E-state index contributed by atoms with van der Waals surface area (Å²) in [4.78, 5) is 12.2. The van der Waals surface area contributed by atoms with Crippen molar-refractivity contribution in [1.82, 2.24) is 0 Å². The van der Waals surface area contributed by atoms with Crippen LogP contribution in [0, 0.1) is 5.82 Å². The van der Waals surface area contributed by atoms with Gasteiger partial charge in [-0.05, 0) is 42.5 Å². The fraction of sp³-hybridized carbons (Fsp3) is 0.188. The molecule has 0 aromatic heterocycles. The number of nitrogens with one attached hydrogen (secondary N) is 1. The quantitative estimate of drug-likeness (QED) is 0.740. The number of hydrogen-bond acceptors (Lipinski definition) is 3. The molecule has 0 unspecified atom stereocenters. The minimum Gasteiger partial charge on any atom is -0.324 e. The molecule has 0 atom stereocenters. The number of carbonyl (C=O) groups excluding carboxylic acids is 1. The van der Waals surface area contributed by atoms with E-state index in [1.165, 1.54) is 0 Å². The zero-order valence-corrected chi connectivity index (χ0v) is 15.3. The van der Waals surface area contributed by atoms with E-state index in [4.69, 9.17) is 11.6 Å². The lowest BCUT2D eigenvalue weighted by molar-refractivity contribution is -0.137. The Hall–Kier alpha value is -2.33. The summed E-state index contributed by atoms with van der Waals surface area (Å²) < 4.78 is 76.2. The highest BCUT2D eigenvalue weighted by molar-refractivity contribution is 7.92.